The van der Waals surface area contributed by atoms with Gasteiger partial charge in [-0.25, -0.2) is 0 Å². The predicted molar refractivity (Wildman–Crippen MR) is 78.5 cm³/mol. The minimum Gasteiger partial charge on any atom is -0.270 e. The van der Waals surface area contributed by atoms with E-state index in [9.17, 15) is 19.7 Å². The van der Waals surface area contributed by atoms with Crippen molar-refractivity contribution in [1.82, 2.24) is 4.90 Å². The summed E-state index contributed by atoms with van der Waals surface area (Å²) in [6, 6.07) is 11.1. The fraction of sp³-hybridized carbons (Fsp3) is 0.125. The van der Waals surface area contributed by atoms with Crippen LogP contribution in [0.15, 0.2) is 42.5 Å². The number of carbonyl (C=O) groups is 2. The normalized spacial score (nSPS) is 13.4. The fourth-order valence-electron chi connectivity index (χ4n) is 2.52. The highest BCUT2D eigenvalue weighted by atomic mass is 16.6. The van der Waals surface area contributed by atoms with Crippen molar-refractivity contribution in [3.63, 3.8) is 0 Å². The maximum atomic E-state index is 12.3. The average molecular weight is 296 g/mol. The molecule has 1 aliphatic heterocycles. The molecule has 1 aliphatic rings. The van der Waals surface area contributed by atoms with Gasteiger partial charge in [0.15, 0.2) is 0 Å². The molecule has 0 bridgehead atoms. The van der Waals surface area contributed by atoms with Gasteiger partial charge in [0.1, 0.15) is 0 Å². The van der Waals surface area contributed by atoms with Gasteiger partial charge in [-0.15, -0.1) is 0 Å². The summed E-state index contributed by atoms with van der Waals surface area (Å²) in [5.41, 5.74) is 2.16. The van der Waals surface area contributed by atoms with E-state index in [1.165, 1.54) is 17.0 Å². The third-order valence-electron chi connectivity index (χ3n) is 3.74. The van der Waals surface area contributed by atoms with Gasteiger partial charge in [-0.3, -0.25) is 24.6 Å². The highest BCUT2D eigenvalue weighted by molar-refractivity contribution is 6.21. The number of imide groups is 1. The molecular weight excluding hydrogens is 284 g/mol. The van der Waals surface area contributed by atoms with Gasteiger partial charge in [0.25, 0.3) is 17.5 Å². The Morgan fingerprint density at radius 2 is 1.64 bits per heavy atom. The number of non-ortho nitro benzene ring substituents is 1. The Morgan fingerprint density at radius 1 is 1.05 bits per heavy atom. The summed E-state index contributed by atoms with van der Waals surface area (Å²) < 4.78 is 0. The van der Waals surface area contributed by atoms with E-state index in [1.54, 1.807) is 37.3 Å². The molecule has 22 heavy (non-hydrogen) atoms. The third-order valence-corrected chi connectivity index (χ3v) is 3.74. The van der Waals surface area contributed by atoms with Crippen LogP contribution >= 0.6 is 0 Å². The van der Waals surface area contributed by atoms with Gasteiger partial charge in [0, 0.05) is 12.1 Å². The number of aryl methyl sites for hydroxylation is 1. The Morgan fingerprint density at radius 3 is 2.14 bits per heavy atom. The number of benzene rings is 2. The van der Waals surface area contributed by atoms with Crippen LogP contribution in [0.5, 0.6) is 0 Å². The van der Waals surface area contributed by atoms with Gasteiger partial charge in [0.05, 0.1) is 22.6 Å². The van der Waals surface area contributed by atoms with Crippen molar-refractivity contribution < 1.29 is 14.5 Å². The zero-order chi connectivity index (χ0) is 15.9. The van der Waals surface area contributed by atoms with E-state index in [-0.39, 0.29) is 24.0 Å². The first-order chi connectivity index (χ1) is 10.5. The molecule has 0 fully saturated rings. The molecule has 2 amide bonds. The van der Waals surface area contributed by atoms with Crippen molar-refractivity contribution >= 4 is 17.5 Å². The number of nitrogens with zero attached hydrogens (tertiary/aromatic N) is 2. The molecule has 0 saturated heterocycles. The number of nitro benzene ring substituents is 1. The first kappa shape index (κ1) is 13.9. The summed E-state index contributed by atoms with van der Waals surface area (Å²) in [6.07, 6.45) is 0. The molecule has 0 atom stereocenters. The van der Waals surface area contributed by atoms with Crippen molar-refractivity contribution in [2.24, 2.45) is 0 Å². The lowest BCUT2D eigenvalue weighted by atomic mass is 10.1. The topological polar surface area (TPSA) is 80.5 Å². The highest BCUT2D eigenvalue weighted by Crippen LogP contribution is 2.26. The quantitative estimate of drug-likeness (QED) is 0.495. The van der Waals surface area contributed by atoms with Crippen LogP contribution in [0.4, 0.5) is 5.69 Å². The van der Waals surface area contributed by atoms with E-state index in [1.807, 2.05) is 0 Å². The maximum Gasteiger partial charge on any atom is 0.269 e. The molecule has 1 heterocycles. The summed E-state index contributed by atoms with van der Waals surface area (Å²) in [6.45, 7) is 1.83. The lowest BCUT2D eigenvalue weighted by Crippen LogP contribution is -2.29. The van der Waals surface area contributed by atoms with E-state index in [0.717, 1.165) is 0 Å². The van der Waals surface area contributed by atoms with E-state index in [0.29, 0.717) is 22.3 Å². The zero-order valence-electron chi connectivity index (χ0n) is 11.8. The van der Waals surface area contributed by atoms with Gasteiger partial charge in [-0.1, -0.05) is 18.2 Å². The van der Waals surface area contributed by atoms with Crippen molar-refractivity contribution in [2.45, 2.75) is 13.5 Å². The van der Waals surface area contributed by atoms with Crippen molar-refractivity contribution in [1.29, 1.82) is 0 Å². The Kier molecular flexibility index (Phi) is 3.21. The predicted octanol–water partition coefficient (Wildman–Crippen LogP) is 2.70. The molecule has 0 radical (unpaired) electrons. The number of rotatable bonds is 3. The van der Waals surface area contributed by atoms with Crippen molar-refractivity contribution in [3.8, 4) is 0 Å². The molecule has 2 aromatic rings. The summed E-state index contributed by atoms with van der Waals surface area (Å²) in [7, 11) is 0. The highest BCUT2D eigenvalue weighted by Gasteiger charge is 2.35. The molecule has 3 rings (SSSR count). The minimum atomic E-state index is -0.473. The van der Waals surface area contributed by atoms with Gasteiger partial charge >= 0.3 is 0 Å². The molecule has 2 aromatic carbocycles. The second-order valence-electron chi connectivity index (χ2n) is 5.11. The summed E-state index contributed by atoms with van der Waals surface area (Å²) in [5, 5.41) is 10.7. The van der Waals surface area contributed by atoms with Crippen molar-refractivity contribution in [2.75, 3.05) is 0 Å². The molecule has 0 saturated carbocycles. The van der Waals surface area contributed by atoms with E-state index in [2.05, 4.69) is 0 Å². The lowest BCUT2D eigenvalue weighted by molar-refractivity contribution is -0.384. The second-order valence-corrected chi connectivity index (χ2v) is 5.11. The van der Waals surface area contributed by atoms with Gasteiger partial charge in [-0.05, 0) is 30.2 Å². The van der Waals surface area contributed by atoms with Crippen molar-refractivity contribution in [3.05, 3.63) is 74.8 Å². The lowest BCUT2D eigenvalue weighted by Gasteiger charge is -2.15. The van der Waals surface area contributed by atoms with Crippen LogP contribution in [0.25, 0.3) is 0 Å². The first-order valence-electron chi connectivity index (χ1n) is 6.68. The minimum absolute atomic E-state index is 0.0105. The largest absolute Gasteiger partial charge is 0.270 e. The zero-order valence-corrected chi connectivity index (χ0v) is 11.8. The first-order valence-corrected chi connectivity index (χ1v) is 6.68. The monoisotopic (exact) mass is 296 g/mol. The summed E-state index contributed by atoms with van der Waals surface area (Å²) in [5.74, 6) is -0.670. The Labute approximate surface area is 126 Å². The number of hydrogen-bond acceptors (Lipinski definition) is 4. The summed E-state index contributed by atoms with van der Waals surface area (Å²) >= 11 is 0. The van der Waals surface area contributed by atoms with Gasteiger partial charge in [-0.2, -0.15) is 0 Å². The SMILES string of the molecule is Cc1cc([N+](=O)[O-])ccc1CN1C(=O)c2ccccc2C1=O. The number of amides is 2. The van der Waals surface area contributed by atoms with Crippen LogP contribution in [0.1, 0.15) is 31.8 Å². The molecule has 0 aromatic heterocycles. The standard InChI is InChI=1S/C16H12N2O4/c1-10-8-12(18(21)22)7-6-11(10)9-17-15(19)13-4-2-3-5-14(13)16(17)20/h2-8H,9H2,1H3. The Hall–Kier alpha value is -3.02. The van der Waals surface area contributed by atoms with Gasteiger partial charge in [0.2, 0.25) is 0 Å². The molecular formula is C16H12N2O4. The van der Waals surface area contributed by atoms with Crippen LogP contribution in [0.2, 0.25) is 0 Å². The Bertz CT molecular complexity index is 779. The third kappa shape index (κ3) is 2.14. The van der Waals surface area contributed by atoms with Crippen LogP contribution in [-0.2, 0) is 6.54 Å². The number of hydrogen-bond donors (Lipinski definition) is 0. The Balaban J connectivity index is 1.91. The van der Waals surface area contributed by atoms with Crippen LogP contribution in [0, 0.1) is 17.0 Å². The molecule has 0 spiro atoms. The number of fused-ring (bicyclic) bond motifs is 1. The maximum absolute atomic E-state index is 12.3. The summed E-state index contributed by atoms with van der Waals surface area (Å²) in [4.78, 5) is 36.0. The van der Waals surface area contributed by atoms with E-state index in [4.69, 9.17) is 0 Å². The molecule has 110 valence electrons. The average Bonchev–Trinajstić information content (AvgIpc) is 2.74. The van der Waals surface area contributed by atoms with Crippen LogP contribution < -0.4 is 0 Å². The van der Waals surface area contributed by atoms with E-state index < -0.39 is 4.92 Å². The number of nitro groups is 1. The van der Waals surface area contributed by atoms with Crippen LogP contribution in [-0.4, -0.2) is 21.6 Å². The van der Waals surface area contributed by atoms with E-state index >= 15 is 0 Å². The number of carbonyl (C=O) groups excluding carboxylic acids is 2. The second kappa shape index (κ2) is 5.07. The molecule has 6 nitrogen and oxygen atoms in total. The van der Waals surface area contributed by atoms with Crippen LogP contribution in [0.3, 0.4) is 0 Å². The fourth-order valence-corrected chi connectivity index (χ4v) is 2.52. The van der Waals surface area contributed by atoms with Gasteiger partial charge < -0.3 is 0 Å². The smallest absolute Gasteiger partial charge is 0.269 e. The molecule has 0 aliphatic carbocycles. The molecule has 0 unspecified atom stereocenters. The molecule has 0 N–H and O–H groups in total. The molecule has 6 heteroatoms.